The van der Waals surface area contributed by atoms with E-state index in [0.29, 0.717) is 23.4 Å². The number of ether oxygens (including phenoxy) is 2. The molecular formula is C20H25N3O2S. The highest BCUT2D eigenvalue weighted by atomic mass is 32.1. The van der Waals surface area contributed by atoms with Crippen molar-refractivity contribution in [3.8, 4) is 17.6 Å². The Morgan fingerprint density at radius 2 is 1.85 bits per heavy atom. The van der Waals surface area contributed by atoms with Crippen LogP contribution in [0.4, 0.5) is 0 Å². The lowest BCUT2D eigenvalue weighted by Gasteiger charge is -2.24. The SMILES string of the molecule is COc1ccc(CN(C)Cn2c(C)c(C)c(C)c(C#N)c2=S)c(OC)c1. The van der Waals surface area contributed by atoms with Gasteiger partial charge < -0.3 is 14.0 Å². The topological polar surface area (TPSA) is 50.4 Å². The van der Waals surface area contributed by atoms with Gasteiger partial charge in [-0.3, -0.25) is 4.90 Å². The number of rotatable bonds is 6. The van der Waals surface area contributed by atoms with Crippen molar-refractivity contribution in [2.24, 2.45) is 0 Å². The van der Waals surface area contributed by atoms with Crippen LogP contribution in [0.3, 0.4) is 0 Å². The molecule has 138 valence electrons. The van der Waals surface area contributed by atoms with E-state index in [9.17, 15) is 5.26 Å². The molecule has 0 spiro atoms. The van der Waals surface area contributed by atoms with E-state index in [0.717, 1.165) is 33.9 Å². The molecular weight excluding hydrogens is 346 g/mol. The van der Waals surface area contributed by atoms with E-state index in [1.807, 2.05) is 50.6 Å². The molecule has 0 radical (unpaired) electrons. The molecule has 0 fully saturated rings. The van der Waals surface area contributed by atoms with Crippen molar-refractivity contribution in [1.29, 1.82) is 5.26 Å². The van der Waals surface area contributed by atoms with E-state index in [-0.39, 0.29) is 0 Å². The first-order valence-corrected chi connectivity index (χ1v) is 8.75. The lowest BCUT2D eigenvalue weighted by Crippen LogP contribution is -2.25. The van der Waals surface area contributed by atoms with Crippen molar-refractivity contribution in [2.75, 3.05) is 21.3 Å². The maximum absolute atomic E-state index is 9.45. The Morgan fingerprint density at radius 1 is 1.15 bits per heavy atom. The fourth-order valence-corrected chi connectivity index (χ4v) is 3.37. The number of nitrogens with zero attached hydrogens (tertiary/aromatic N) is 3. The van der Waals surface area contributed by atoms with Gasteiger partial charge in [-0.05, 0) is 45.0 Å². The summed E-state index contributed by atoms with van der Waals surface area (Å²) in [7, 11) is 5.31. The summed E-state index contributed by atoms with van der Waals surface area (Å²) in [5, 5.41) is 9.45. The van der Waals surface area contributed by atoms with Crippen LogP contribution in [0.5, 0.6) is 11.5 Å². The summed E-state index contributed by atoms with van der Waals surface area (Å²) in [4.78, 5) is 2.14. The first-order chi connectivity index (χ1) is 12.3. The van der Waals surface area contributed by atoms with Gasteiger partial charge in [-0.15, -0.1) is 0 Å². The van der Waals surface area contributed by atoms with Crippen molar-refractivity contribution in [3.05, 3.63) is 50.8 Å². The van der Waals surface area contributed by atoms with Gasteiger partial charge in [-0.25, -0.2) is 0 Å². The minimum absolute atomic E-state index is 0.582. The summed E-state index contributed by atoms with van der Waals surface area (Å²) in [6.45, 7) is 7.30. The highest BCUT2D eigenvalue weighted by Gasteiger charge is 2.14. The number of aromatic nitrogens is 1. The predicted octanol–water partition coefficient (Wildman–Crippen LogP) is 4.12. The molecule has 1 aromatic carbocycles. The third kappa shape index (κ3) is 3.90. The van der Waals surface area contributed by atoms with Crippen molar-refractivity contribution in [1.82, 2.24) is 9.47 Å². The largest absolute Gasteiger partial charge is 0.497 e. The minimum Gasteiger partial charge on any atom is -0.497 e. The normalized spacial score (nSPS) is 10.7. The van der Waals surface area contributed by atoms with E-state index in [1.54, 1.807) is 14.2 Å². The van der Waals surface area contributed by atoms with E-state index in [2.05, 4.69) is 11.0 Å². The van der Waals surface area contributed by atoms with Gasteiger partial charge in [-0.2, -0.15) is 5.26 Å². The zero-order valence-electron chi connectivity index (χ0n) is 16.2. The second-order valence-corrected chi connectivity index (χ2v) is 6.78. The maximum atomic E-state index is 9.45. The third-order valence-corrected chi connectivity index (χ3v) is 5.20. The number of hydrogen-bond donors (Lipinski definition) is 0. The van der Waals surface area contributed by atoms with Gasteiger partial charge >= 0.3 is 0 Å². The Bertz CT molecular complexity index is 913. The molecule has 2 rings (SSSR count). The van der Waals surface area contributed by atoms with Crippen molar-refractivity contribution < 1.29 is 9.47 Å². The Kier molecular flexibility index (Phi) is 6.41. The molecule has 0 aliphatic heterocycles. The molecule has 5 nitrogen and oxygen atoms in total. The average molecular weight is 372 g/mol. The summed E-state index contributed by atoms with van der Waals surface area (Å²) >= 11 is 5.56. The molecule has 0 saturated heterocycles. The van der Waals surface area contributed by atoms with Crippen LogP contribution in [0, 0.1) is 36.7 Å². The molecule has 0 amide bonds. The van der Waals surface area contributed by atoms with Gasteiger partial charge in [0.1, 0.15) is 22.2 Å². The molecule has 1 aromatic heterocycles. The molecule has 0 saturated carbocycles. The van der Waals surface area contributed by atoms with Gasteiger partial charge in [-0.1, -0.05) is 18.3 Å². The molecule has 26 heavy (non-hydrogen) atoms. The van der Waals surface area contributed by atoms with E-state index >= 15 is 0 Å². The zero-order chi connectivity index (χ0) is 19.4. The number of nitriles is 1. The summed E-state index contributed by atoms with van der Waals surface area (Å²) in [5.74, 6) is 1.55. The van der Waals surface area contributed by atoms with Crippen LogP contribution in [-0.2, 0) is 13.2 Å². The Morgan fingerprint density at radius 3 is 2.42 bits per heavy atom. The molecule has 2 aromatic rings. The molecule has 0 aliphatic carbocycles. The van der Waals surface area contributed by atoms with Crippen LogP contribution < -0.4 is 9.47 Å². The maximum Gasteiger partial charge on any atom is 0.127 e. The number of methoxy groups -OCH3 is 2. The van der Waals surface area contributed by atoms with Crippen LogP contribution in [0.1, 0.15) is 27.9 Å². The second kappa shape index (κ2) is 8.35. The standard InChI is InChI=1S/C20H25N3O2S/c1-13-14(2)18(10-21)20(26)23(15(13)3)12-22(4)11-16-7-8-17(24-5)9-19(16)25-6/h7-9H,11-12H2,1-6H3. The second-order valence-electron chi connectivity index (χ2n) is 6.39. The molecule has 1 heterocycles. The lowest BCUT2D eigenvalue weighted by molar-refractivity contribution is 0.251. The summed E-state index contributed by atoms with van der Waals surface area (Å²) in [5.41, 5.74) is 4.79. The van der Waals surface area contributed by atoms with Gasteiger partial charge in [0.05, 0.1) is 26.5 Å². The monoisotopic (exact) mass is 371 g/mol. The number of pyridine rings is 1. The highest BCUT2D eigenvalue weighted by Crippen LogP contribution is 2.26. The molecule has 0 N–H and O–H groups in total. The summed E-state index contributed by atoms with van der Waals surface area (Å²) in [6, 6.07) is 8.05. The van der Waals surface area contributed by atoms with Gasteiger partial charge in [0.2, 0.25) is 0 Å². The van der Waals surface area contributed by atoms with Crippen molar-refractivity contribution in [3.63, 3.8) is 0 Å². The Labute approximate surface area is 160 Å². The fourth-order valence-electron chi connectivity index (χ4n) is 2.98. The molecule has 0 bridgehead atoms. The van der Waals surface area contributed by atoms with Gasteiger partial charge in [0.25, 0.3) is 0 Å². The van der Waals surface area contributed by atoms with E-state index < -0.39 is 0 Å². The van der Waals surface area contributed by atoms with Crippen molar-refractivity contribution >= 4 is 12.2 Å². The minimum atomic E-state index is 0.582. The number of benzene rings is 1. The van der Waals surface area contributed by atoms with Crippen LogP contribution in [0.15, 0.2) is 18.2 Å². The van der Waals surface area contributed by atoms with E-state index in [1.165, 1.54) is 0 Å². The summed E-state index contributed by atoms with van der Waals surface area (Å²) < 4.78 is 13.3. The lowest BCUT2D eigenvalue weighted by atomic mass is 10.0. The summed E-state index contributed by atoms with van der Waals surface area (Å²) in [6.07, 6.45) is 0. The molecule has 0 aliphatic rings. The van der Waals surface area contributed by atoms with Gasteiger partial charge in [0, 0.05) is 23.9 Å². The smallest absolute Gasteiger partial charge is 0.127 e. The van der Waals surface area contributed by atoms with Crippen molar-refractivity contribution in [2.45, 2.75) is 34.0 Å². The first kappa shape index (κ1) is 20.0. The average Bonchev–Trinajstić information content (AvgIpc) is 2.64. The predicted molar refractivity (Wildman–Crippen MR) is 105 cm³/mol. The molecule has 6 heteroatoms. The quantitative estimate of drug-likeness (QED) is 0.715. The van der Waals surface area contributed by atoms with E-state index in [4.69, 9.17) is 21.7 Å². The highest BCUT2D eigenvalue weighted by molar-refractivity contribution is 7.71. The van der Waals surface area contributed by atoms with Crippen LogP contribution in [0.25, 0.3) is 0 Å². The van der Waals surface area contributed by atoms with Crippen LogP contribution in [-0.4, -0.2) is 30.7 Å². The molecule has 0 atom stereocenters. The van der Waals surface area contributed by atoms with Crippen LogP contribution in [0.2, 0.25) is 0 Å². The third-order valence-electron chi connectivity index (χ3n) is 4.77. The molecule has 0 unspecified atom stereocenters. The Balaban J connectivity index is 2.32. The zero-order valence-corrected chi connectivity index (χ0v) is 17.0. The van der Waals surface area contributed by atoms with Gasteiger partial charge in [0.15, 0.2) is 0 Å². The number of hydrogen-bond acceptors (Lipinski definition) is 5. The Hall–Kier alpha value is -2.36. The van der Waals surface area contributed by atoms with Crippen LogP contribution >= 0.6 is 12.2 Å². The first-order valence-electron chi connectivity index (χ1n) is 8.34. The fraction of sp³-hybridized carbons (Fsp3) is 0.400.